The standard InChI is InChI=1S/C11H18O.C9H16O3.C9H16O.C8H11FN2OS.C8H11FN2.C8H13FO.C8H14O/c1-11(2,3)8-10(12)7-9-5-4-6-9;1-9(2,3)12-7-5-6-8(10)11-4;1-7(2)6-8(10)9(3,4)5;1-8(2,3)11-6(12)5-4-13-7(9)10-5;1-8(2,3)6-4-10-7(9)11-5-6;1-6(9)5-7(10)8(2,3)4;1-5-6-7(9)8(2,3)4/h7H,4-6,8H2,1-3H3;5-6H,7H2,1-4H3;6H,1-5H3;4H,1-3H3,(H,11,12);4-5H,1-3H3;5H,1-4H3;5-6H,1-4H3/b;6-5+;;;;6-5-;6-5+. The number of carbonyl (C=O) groups is 6. The van der Waals surface area contributed by atoms with Gasteiger partial charge in [-0.1, -0.05) is 138 Å². The van der Waals surface area contributed by atoms with Gasteiger partial charge in [0, 0.05) is 58.1 Å². The minimum atomic E-state index is -0.669. The Morgan fingerprint density at radius 2 is 1.17 bits per heavy atom. The van der Waals surface area contributed by atoms with E-state index in [9.17, 15) is 41.9 Å². The Balaban J connectivity index is -0.000000405. The average Bonchev–Trinajstić information content (AvgIpc) is 3.65. The average molecular weight is 1110 g/mol. The summed E-state index contributed by atoms with van der Waals surface area (Å²) in [5.74, 6) is -0.609. The summed E-state index contributed by atoms with van der Waals surface area (Å²) >= 11 is 0.820. The third-order valence-electron chi connectivity index (χ3n) is 9.10. The first-order chi connectivity index (χ1) is 34.5. The van der Waals surface area contributed by atoms with Crippen LogP contribution >= 0.6 is 11.3 Å². The van der Waals surface area contributed by atoms with Crippen LogP contribution in [0.2, 0.25) is 0 Å². The summed E-state index contributed by atoms with van der Waals surface area (Å²) in [4.78, 5) is 76.8. The number of thiazole rings is 1. The molecule has 77 heavy (non-hydrogen) atoms. The molecular formula is C61H99F3N4O8S. The molecule has 0 aliphatic heterocycles. The number of nitrogens with one attached hydrogen (secondary N) is 1. The maximum absolute atomic E-state index is 12.4. The molecule has 1 fully saturated rings. The van der Waals surface area contributed by atoms with Crippen molar-refractivity contribution in [3.05, 3.63) is 99.9 Å². The van der Waals surface area contributed by atoms with Gasteiger partial charge in [-0.15, -0.1) is 0 Å². The van der Waals surface area contributed by atoms with Gasteiger partial charge >= 0.3 is 12.0 Å². The van der Waals surface area contributed by atoms with Crippen molar-refractivity contribution in [2.45, 2.75) is 215 Å². The summed E-state index contributed by atoms with van der Waals surface area (Å²) in [7, 11) is 1.34. The lowest BCUT2D eigenvalue weighted by atomic mass is 9.86. The van der Waals surface area contributed by atoms with Crippen molar-refractivity contribution >= 4 is 46.3 Å². The number of allylic oxidation sites excluding steroid dienone is 8. The number of aromatic nitrogens is 3. The Morgan fingerprint density at radius 1 is 0.701 bits per heavy atom. The summed E-state index contributed by atoms with van der Waals surface area (Å²) in [6, 6.07) is 0. The quantitative estimate of drug-likeness (QED) is 0.144. The summed E-state index contributed by atoms with van der Waals surface area (Å²) in [6.07, 6.45) is 17.6. The predicted molar refractivity (Wildman–Crippen MR) is 310 cm³/mol. The van der Waals surface area contributed by atoms with Gasteiger partial charge in [0.15, 0.2) is 23.1 Å². The van der Waals surface area contributed by atoms with E-state index in [1.54, 1.807) is 45.1 Å². The summed E-state index contributed by atoms with van der Waals surface area (Å²) in [6.45, 7) is 48.0. The Kier molecular flexibility index (Phi) is 36.6. The van der Waals surface area contributed by atoms with Crippen LogP contribution in [0, 0.1) is 33.0 Å². The zero-order valence-electron chi connectivity index (χ0n) is 52.0. The van der Waals surface area contributed by atoms with Crippen LogP contribution in [0.4, 0.5) is 13.2 Å². The molecule has 0 bridgehead atoms. The molecule has 0 unspecified atom stereocenters. The highest BCUT2D eigenvalue weighted by Crippen LogP contribution is 2.27. The number of ketones is 4. The second-order valence-corrected chi connectivity index (χ2v) is 26.5. The monoisotopic (exact) mass is 1100 g/mol. The lowest BCUT2D eigenvalue weighted by molar-refractivity contribution is -0.135. The van der Waals surface area contributed by atoms with Crippen molar-refractivity contribution in [1.82, 2.24) is 20.3 Å². The molecule has 1 N–H and O–H groups in total. The van der Waals surface area contributed by atoms with E-state index in [2.05, 4.69) is 45.8 Å². The molecule has 0 spiro atoms. The summed E-state index contributed by atoms with van der Waals surface area (Å²) in [5, 5.41) is 3.50. The number of hydrogen-bond donors (Lipinski definition) is 1. The molecule has 1 saturated carbocycles. The smallest absolute Gasteiger partial charge is 0.330 e. The highest BCUT2D eigenvalue weighted by molar-refractivity contribution is 7.08. The maximum atomic E-state index is 12.4. The maximum Gasteiger partial charge on any atom is 0.330 e. The molecule has 438 valence electrons. The van der Waals surface area contributed by atoms with Crippen LogP contribution < -0.4 is 5.32 Å². The number of ether oxygens (including phenoxy) is 2. The van der Waals surface area contributed by atoms with Crippen LogP contribution in [0.3, 0.4) is 0 Å². The van der Waals surface area contributed by atoms with Gasteiger partial charge in [-0.2, -0.15) is 8.78 Å². The number of nitrogens with zero attached hydrogens (tertiary/aromatic N) is 3. The number of carbonyl (C=O) groups excluding carboxylic acids is 6. The van der Waals surface area contributed by atoms with E-state index in [0.717, 1.165) is 41.4 Å². The molecule has 2 aromatic rings. The van der Waals surface area contributed by atoms with E-state index >= 15 is 0 Å². The minimum Gasteiger partial charge on any atom is -0.466 e. The van der Waals surface area contributed by atoms with Crippen LogP contribution in [0.5, 0.6) is 0 Å². The van der Waals surface area contributed by atoms with E-state index in [1.807, 2.05) is 131 Å². The first kappa shape index (κ1) is 78.3. The first-order valence-corrected chi connectivity index (χ1v) is 26.6. The lowest BCUT2D eigenvalue weighted by Gasteiger charge is -2.19. The lowest BCUT2D eigenvalue weighted by Crippen LogP contribution is -2.40. The van der Waals surface area contributed by atoms with Gasteiger partial charge in [-0.05, 0) is 123 Å². The molecule has 3 rings (SSSR count). The molecule has 0 atom stereocenters. The van der Waals surface area contributed by atoms with E-state index in [4.69, 9.17) is 4.74 Å². The number of amides is 1. The fourth-order valence-electron chi connectivity index (χ4n) is 4.57. The van der Waals surface area contributed by atoms with Gasteiger partial charge in [-0.3, -0.25) is 24.0 Å². The number of rotatable bonds is 9. The summed E-state index contributed by atoms with van der Waals surface area (Å²) < 4.78 is 46.6. The molecule has 16 heteroatoms. The van der Waals surface area contributed by atoms with E-state index in [-0.39, 0.29) is 67.7 Å². The van der Waals surface area contributed by atoms with Crippen molar-refractivity contribution in [3.63, 3.8) is 0 Å². The topological polar surface area (TPSA) is 172 Å². The van der Waals surface area contributed by atoms with Crippen LogP contribution in [-0.4, -0.2) is 74.8 Å². The second-order valence-electron chi connectivity index (χ2n) is 25.7. The fourth-order valence-corrected chi connectivity index (χ4v) is 5.09. The Morgan fingerprint density at radius 3 is 1.44 bits per heavy atom. The van der Waals surface area contributed by atoms with Crippen molar-refractivity contribution in [2.75, 3.05) is 13.7 Å². The van der Waals surface area contributed by atoms with Gasteiger partial charge in [0.25, 0.3) is 11.2 Å². The number of hydrogen-bond acceptors (Lipinski definition) is 12. The van der Waals surface area contributed by atoms with Crippen molar-refractivity contribution in [1.29, 1.82) is 0 Å². The Hall–Kier alpha value is -5.22. The van der Waals surface area contributed by atoms with Crippen LogP contribution in [0.1, 0.15) is 215 Å². The second kappa shape index (κ2) is 36.0. The first-order valence-electron chi connectivity index (χ1n) is 25.7. The molecule has 0 aromatic carbocycles. The number of methoxy groups -OCH3 is 1. The third-order valence-corrected chi connectivity index (χ3v) is 9.73. The van der Waals surface area contributed by atoms with E-state index in [0.29, 0.717) is 18.8 Å². The zero-order chi connectivity index (χ0) is 61.6. The van der Waals surface area contributed by atoms with Crippen LogP contribution in [0.15, 0.2) is 77.3 Å². The number of esters is 1. The van der Waals surface area contributed by atoms with Gasteiger partial charge in [-0.25, -0.2) is 24.1 Å². The molecule has 12 nitrogen and oxygen atoms in total. The minimum absolute atomic E-state index is 0.00625. The molecular weight excluding hydrogens is 1010 g/mol. The van der Waals surface area contributed by atoms with Crippen LogP contribution in [0.25, 0.3) is 0 Å². The van der Waals surface area contributed by atoms with E-state index in [1.165, 1.54) is 49.9 Å². The molecule has 2 heterocycles. The fraction of sp³-hybridized carbons (Fsp3) is 0.623. The zero-order valence-corrected chi connectivity index (χ0v) is 52.8. The summed E-state index contributed by atoms with van der Waals surface area (Å²) in [5.41, 5.74) is 2.24. The number of halogens is 3. The third kappa shape index (κ3) is 48.9. The molecule has 1 aliphatic rings. The largest absolute Gasteiger partial charge is 0.466 e. The molecule has 0 radical (unpaired) electrons. The van der Waals surface area contributed by atoms with Crippen molar-refractivity contribution in [2.24, 2.45) is 21.7 Å². The Bertz CT molecular complexity index is 2220. The van der Waals surface area contributed by atoms with Crippen molar-refractivity contribution < 1.29 is 51.4 Å². The van der Waals surface area contributed by atoms with Gasteiger partial charge in [0.05, 0.1) is 19.3 Å². The molecule has 1 aliphatic carbocycles. The predicted octanol–water partition coefficient (Wildman–Crippen LogP) is 15.6. The SMILES string of the molecule is C/C(F)=C/C(=O)C(C)(C)C.C/C=C/C(=O)C(C)(C)C.CC(C)(C)CC(=O)C=C1CCC1.CC(C)(C)NC(=O)c1csc(F)n1.CC(C)(C)c1cnc(F)nc1.CC(C)=CC(=O)C(C)(C)C.COC(=O)/C=C/COC(C)(C)C. The molecule has 0 saturated heterocycles. The van der Waals surface area contributed by atoms with Gasteiger partial charge in [0.2, 0.25) is 0 Å². The van der Waals surface area contributed by atoms with Crippen molar-refractivity contribution in [3.8, 4) is 0 Å². The molecule has 2 aromatic heterocycles. The highest BCUT2D eigenvalue weighted by Gasteiger charge is 2.21. The molecule has 1 amide bonds. The van der Waals surface area contributed by atoms with Gasteiger partial charge in [0.1, 0.15) is 11.5 Å². The van der Waals surface area contributed by atoms with Gasteiger partial charge < -0.3 is 14.8 Å². The highest BCUT2D eigenvalue weighted by atomic mass is 32.1. The van der Waals surface area contributed by atoms with E-state index < -0.39 is 22.6 Å². The normalized spacial score (nSPS) is 12.7. The Labute approximate surface area is 466 Å². The van der Waals surface area contributed by atoms with Crippen LogP contribution in [-0.2, 0) is 38.9 Å².